The van der Waals surface area contributed by atoms with Crippen molar-refractivity contribution in [2.75, 3.05) is 13.1 Å². The van der Waals surface area contributed by atoms with Crippen molar-refractivity contribution in [3.05, 3.63) is 53.1 Å². The zero-order chi connectivity index (χ0) is 18.9. The largest absolute Gasteiger partial charge is 0.350 e. The lowest BCUT2D eigenvalue weighted by Gasteiger charge is -2.18. The zero-order valence-electron chi connectivity index (χ0n) is 15.9. The molecule has 0 spiro atoms. The van der Waals surface area contributed by atoms with E-state index in [1.807, 2.05) is 0 Å². The number of rotatable bonds is 6. The summed E-state index contributed by atoms with van der Waals surface area (Å²) in [5.74, 6) is -0.390. The maximum absolute atomic E-state index is 14.1. The zero-order valence-corrected chi connectivity index (χ0v) is 15.9. The van der Waals surface area contributed by atoms with Crippen molar-refractivity contribution < 1.29 is 9.18 Å². The molecule has 0 atom stereocenters. The molecule has 4 rings (SSSR count). The Bertz CT molecular complexity index is 827. The number of nitrogens with zero attached hydrogens (tertiary/aromatic N) is 3. The lowest BCUT2D eigenvalue weighted by Crippen LogP contribution is -2.35. The fourth-order valence-corrected chi connectivity index (χ4v) is 4.11. The van der Waals surface area contributed by atoms with Gasteiger partial charge >= 0.3 is 0 Å². The predicted molar refractivity (Wildman–Crippen MR) is 102 cm³/mol. The van der Waals surface area contributed by atoms with Crippen LogP contribution in [0.1, 0.15) is 49.6 Å². The van der Waals surface area contributed by atoms with Crippen LogP contribution in [0.4, 0.5) is 4.39 Å². The number of nitrogens with one attached hydrogen (secondary N) is 1. The van der Waals surface area contributed by atoms with E-state index in [0.717, 1.165) is 44.7 Å². The first-order valence-corrected chi connectivity index (χ1v) is 9.93. The van der Waals surface area contributed by atoms with Crippen LogP contribution in [0.3, 0.4) is 0 Å². The first-order valence-electron chi connectivity index (χ1n) is 9.93. The van der Waals surface area contributed by atoms with Gasteiger partial charge in [0.15, 0.2) is 0 Å². The molecular formula is C21H27FN4O. The quantitative estimate of drug-likeness (QED) is 0.850. The average molecular weight is 370 g/mol. The Morgan fingerprint density at radius 3 is 2.85 bits per heavy atom. The highest BCUT2D eigenvalue weighted by molar-refractivity contribution is 5.91. The van der Waals surface area contributed by atoms with Crippen molar-refractivity contribution in [2.24, 2.45) is 0 Å². The molecule has 5 nitrogen and oxygen atoms in total. The maximum atomic E-state index is 14.1. The first kappa shape index (κ1) is 18.2. The van der Waals surface area contributed by atoms with Gasteiger partial charge in [0.1, 0.15) is 5.82 Å². The van der Waals surface area contributed by atoms with Gasteiger partial charge in [-0.15, -0.1) is 0 Å². The van der Waals surface area contributed by atoms with Crippen LogP contribution in [0.5, 0.6) is 0 Å². The monoisotopic (exact) mass is 370 g/mol. The fourth-order valence-electron chi connectivity index (χ4n) is 4.11. The van der Waals surface area contributed by atoms with Gasteiger partial charge in [0.25, 0.3) is 0 Å². The summed E-state index contributed by atoms with van der Waals surface area (Å²) in [6.07, 6.45) is 3.64. The summed E-state index contributed by atoms with van der Waals surface area (Å²) in [6.45, 7) is 6.63. The second-order valence-corrected chi connectivity index (χ2v) is 7.72. The Hall–Kier alpha value is -2.21. The van der Waals surface area contributed by atoms with Gasteiger partial charge in [-0.25, -0.2) is 4.39 Å². The summed E-state index contributed by atoms with van der Waals surface area (Å²) >= 11 is 0. The van der Waals surface area contributed by atoms with Gasteiger partial charge in [-0.1, -0.05) is 25.1 Å². The first-order chi connectivity index (χ1) is 13.1. The van der Waals surface area contributed by atoms with E-state index in [2.05, 4.69) is 33.0 Å². The summed E-state index contributed by atoms with van der Waals surface area (Å²) in [5, 5.41) is 7.66. The number of halogens is 1. The molecule has 1 fully saturated rings. The summed E-state index contributed by atoms with van der Waals surface area (Å²) in [6, 6.07) is 8.70. The third kappa shape index (κ3) is 3.63. The molecule has 1 aromatic carbocycles. The molecule has 0 saturated heterocycles. The van der Waals surface area contributed by atoms with Crippen LogP contribution in [-0.4, -0.2) is 33.7 Å². The minimum absolute atomic E-state index is 0.0941. The highest BCUT2D eigenvalue weighted by Crippen LogP contribution is 2.49. The Morgan fingerprint density at radius 2 is 2.11 bits per heavy atom. The molecule has 1 aliphatic carbocycles. The fraction of sp³-hybridized carbons (Fsp3) is 0.524. The van der Waals surface area contributed by atoms with Crippen molar-refractivity contribution in [3.63, 3.8) is 0 Å². The second kappa shape index (κ2) is 7.43. The lowest BCUT2D eigenvalue weighted by molar-refractivity contribution is -0.123. The standard InChI is InChI=1S/C21H27FN4O/c1-2-10-25-11-5-12-26-17(15-25)13-16(24-26)14-23-20(27)21(8-9-21)18-6-3-4-7-19(18)22/h3-4,6-7,13H,2,5,8-12,14-15H2,1H3,(H,23,27). The Balaban J connectivity index is 1.42. The van der Waals surface area contributed by atoms with Crippen LogP contribution in [0.2, 0.25) is 0 Å². The third-order valence-electron chi connectivity index (χ3n) is 5.69. The molecule has 1 saturated carbocycles. The topological polar surface area (TPSA) is 50.2 Å². The van der Waals surface area contributed by atoms with Crippen molar-refractivity contribution in [3.8, 4) is 0 Å². The second-order valence-electron chi connectivity index (χ2n) is 7.72. The van der Waals surface area contributed by atoms with Crippen molar-refractivity contribution in [2.45, 2.75) is 57.7 Å². The predicted octanol–water partition coefficient (Wildman–Crippen LogP) is 2.99. The van der Waals surface area contributed by atoms with Gasteiger partial charge in [-0.05, 0) is 44.4 Å². The molecule has 1 N–H and O–H groups in total. The summed E-state index contributed by atoms with van der Waals surface area (Å²) < 4.78 is 16.2. The van der Waals surface area contributed by atoms with E-state index in [0.29, 0.717) is 24.9 Å². The van der Waals surface area contributed by atoms with Crippen molar-refractivity contribution >= 4 is 5.91 Å². The van der Waals surface area contributed by atoms with Gasteiger partial charge < -0.3 is 5.32 Å². The van der Waals surface area contributed by atoms with E-state index in [1.165, 1.54) is 11.8 Å². The van der Waals surface area contributed by atoms with Crippen LogP contribution >= 0.6 is 0 Å². The van der Waals surface area contributed by atoms with Crippen LogP contribution in [0.25, 0.3) is 0 Å². The lowest BCUT2D eigenvalue weighted by atomic mass is 9.94. The molecule has 1 aliphatic heterocycles. The van der Waals surface area contributed by atoms with E-state index < -0.39 is 5.41 Å². The summed E-state index contributed by atoms with van der Waals surface area (Å²) in [4.78, 5) is 15.2. The number of carbonyl (C=O) groups excluding carboxylic acids is 1. The van der Waals surface area contributed by atoms with E-state index >= 15 is 0 Å². The van der Waals surface area contributed by atoms with Crippen LogP contribution < -0.4 is 5.32 Å². The van der Waals surface area contributed by atoms with Crippen molar-refractivity contribution in [1.29, 1.82) is 0 Å². The van der Waals surface area contributed by atoms with E-state index in [4.69, 9.17) is 0 Å². The average Bonchev–Trinajstić information content (AvgIpc) is 3.41. The molecule has 0 radical (unpaired) electrons. The van der Waals surface area contributed by atoms with Gasteiger partial charge in [-0.2, -0.15) is 5.10 Å². The molecule has 1 amide bonds. The highest BCUT2D eigenvalue weighted by Gasteiger charge is 2.52. The minimum atomic E-state index is -0.694. The SMILES string of the molecule is CCCN1CCCn2nc(CNC(=O)C3(c4ccccc4F)CC3)cc2C1. The molecule has 1 aromatic heterocycles. The maximum Gasteiger partial charge on any atom is 0.231 e. The van der Waals surface area contributed by atoms with E-state index in [1.54, 1.807) is 18.2 Å². The van der Waals surface area contributed by atoms with Gasteiger partial charge in [0.2, 0.25) is 5.91 Å². The molecule has 2 heterocycles. The molecule has 0 unspecified atom stereocenters. The number of benzene rings is 1. The van der Waals surface area contributed by atoms with Crippen LogP contribution in [0, 0.1) is 5.82 Å². The van der Waals surface area contributed by atoms with E-state index in [9.17, 15) is 9.18 Å². The van der Waals surface area contributed by atoms with Gasteiger partial charge in [0, 0.05) is 25.2 Å². The van der Waals surface area contributed by atoms with Crippen molar-refractivity contribution in [1.82, 2.24) is 20.0 Å². The molecular weight excluding hydrogens is 343 g/mol. The molecule has 144 valence electrons. The molecule has 0 bridgehead atoms. The Morgan fingerprint density at radius 1 is 1.30 bits per heavy atom. The summed E-state index contributed by atoms with van der Waals surface area (Å²) in [5.41, 5.74) is 1.90. The van der Waals surface area contributed by atoms with Crippen LogP contribution in [-0.2, 0) is 29.8 Å². The number of amides is 1. The number of hydrogen-bond donors (Lipinski definition) is 1. The molecule has 6 heteroatoms. The highest BCUT2D eigenvalue weighted by atomic mass is 19.1. The summed E-state index contributed by atoms with van der Waals surface area (Å²) in [7, 11) is 0. The molecule has 2 aliphatic rings. The van der Waals surface area contributed by atoms with Gasteiger partial charge in [-0.3, -0.25) is 14.4 Å². The third-order valence-corrected chi connectivity index (χ3v) is 5.69. The number of carbonyl (C=O) groups is 1. The smallest absolute Gasteiger partial charge is 0.231 e. The number of aromatic nitrogens is 2. The van der Waals surface area contributed by atoms with E-state index in [-0.39, 0.29) is 11.7 Å². The Labute approximate surface area is 159 Å². The molecule has 27 heavy (non-hydrogen) atoms. The number of fused-ring (bicyclic) bond motifs is 1. The number of aryl methyl sites for hydroxylation is 1. The van der Waals surface area contributed by atoms with Crippen LogP contribution in [0.15, 0.2) is 30.3 Å². The molecule has 2 aromatic rings. The number of hydrogen-bond acceptors (Lipinski definition) is 3. The normalized spacial score (nSPS) is 18.6. The minimum Gasteiger partial charge on any atom is -0.350 e. The Kier molecular flexibility index (Phi) is 5.00. The van der Waals surface area contributed by atoms with Gasteiger partial charge in [0.05, 0.1) is 23.3 Å².